The Hall–Kier alpha value is -2.24. The van der Waals surface area contributed by atoms with Gasteiger partial charge in [-0.2, -0.15) is 0 Å². The number of amides is 2. The number of primary amides is 1. The van der Waals surface area contributed by atoms with Gasteiger partial charge in [-0.05, 0) is 24.1 Å². The van der Waals surface area contributed by atoms with Crippen molar-refractivity contribution in [1.29, 1.82) is 0 Å². The van der Waals surface area contributed by atoms with Crippen LogP contribution in [0.3, 0.4) is 0 Å². The highest BCUT2D eigenvalue weighted by Gasteiger charge is 2.19. The van der Waals surface area contributed by atoms with Crippen molar-refractivity contribution in [2.45, 2.75) is 38.6 Å². The summed E-state index contributed by atoms with van der Waals surface area (Å²) in [5.74, 6) is -1.44. The molecule has 0 aliphatic rings. The molecule has 114 valence electrons. The average molecular weight is 294 g/mol. The van der Waals surface area contributed by atoms with Gasteiger partial charge in [-0.1, -0.05) is 19.1 Å². The first-order chi connectivity index (χ1) is 9.92. The van der Waals surface area contributed by atoms with Gasteiger partial charge in [0, 0.05) is 12.8 Å². The molecule has 1 aromatic rings. The molecule has 1 atom stereocenters. The molecule has 1 rings (SSSR count). The molecule has 0 unspecified atom stereocenters. The van der Waals surface area contributed by atoms with E-state index in [0.717, 1.165) is 0 Å². The summed E-state index contributed by atoms with van der Waals surface area (Å²) in [5.41, 5.74) is 5.84. The largest absolute Gasteiger partial charge is 0.368 e. The van der Waals surface area contributed by atoms with Gasteiger partial charge < -0.3 is 11.1 Å². The molecule has 21 heavy (non-hydrogen) atoms. The molecule has 0 bridgehead atoms. The number of carbonyl (C=O) groups excluding carboxylic acids is 3. The first-order valence-electron chi connectivity index (χ1n) is 6.77. The molecule has 6 heteroatoms. The van der Waals surface area contributed by atoms with E-state index in [2.05, 4.69) is 5.32 Å². The zero-order valence-corrected chi connectivity index (χ0v) is 11.9. The molecule has 0 heterocycles. The lowest BCUT2D eigenvalue weighted by atomic mass is 10.1. The van der Waals surface area contributed by atoms with Crippen LogP contribution in [0.5, 0.6) is 0 Å². The van der Waals surface area contributed by atoms with Gasteiger partial charge in [0.15, 0.2) is 0 Å². The second-order valence-corrected chi connectivity index (χ2v) is 4.76. The molecule has 0 spiro atoms. The SMILES string of the molecule is CCC(=O)CC[C@H](NC(=O)Cc1ccc(F)cc1)C(N)=O. The van der Waals surface area contributed by atoms with Gasteiger partial charge in [-0.15, -0.1) is 0 Å². The fourth-order valence-corrected chi connectivity index (χ4v) is 1.80. The van der Waals surface area contributed by atoms with E-state index in [1.807, 2.05) is 0 Å². The van der Waals surface area contributed by atoms with Crippen LogP contribution in [0.2, 0.25) is 0 Å². The van der Waals surface area contributed by atoms with Gasteiger partial charge in [0.2, 0.25) is 11.8 Å². The van der Waals surface area contributed by atoms with E-state index in [1.165, 1.54) is 24.3 Å². The minimum absolute atomic E-state index is 0.00836. The van der Waals surface area contributed by atoms with E-state index in [1.54, 1.807) is 6.92 Å². The number of rotatable bonds is 8. The Bertz CT molecular complexity index is 514. The van der Waals surface area contributed by atoms with Gasteiger partial charge >= 0.3 is 0 Å². The highest BCUT2D eigenvalue weighted by atomic mass is 19.1. The van der Waals surface area contributed by atoms with Crippen molar-refractivity contribution in [3.63, 3.8) is 0 Å². The number of hydrogen-bond acceptors (Lipinski definition) is 3. The molecule has 1 aromatic carbocycles. The van der Waals surface area contributed by atoms with E-state index >= 15 is 0 Å². The molecule has 0 saturated heterocycles. The van der Waals surface area contributed by atoms with Crippen LogP contribution in [0.4, 0.5) is 4.39 Å². The van der Waals surface area contributed by atoms with Crippen molar-refractivity contribution in [3.8, 4) is 0 Å². The van der Waals surface area contributed by atoms with E-state index in [-0.39, 0.29) is 30.9 Å². The van der Waals surface area contributed by atoms with Crippen LogP contribution in [-0.4, -0.2) is 23.6 Å². The second-order valence-electron chi connectivity index (χ2n) is 4.76. The van der Waals surface area contributed by atoms with E-state index in [0.29, 0.717) is 12.0 Å². The summed E-state index contributed by atoms with van der Waals surface area (Å²) in [6.45, 7) is 1.73. The molecular weight excluding hydrogens is 275 g/mol. The lowest BCUT2D eigenvalue weighted by Gasteiger charge is -2.15. The monoisotopic (exact) mass is 294 g/mol. The van der Waals surface area contributed by atoms with Crippen molar-refractivity contribution in [2.24, 2.45) is 5.73 Å². The number of nitrogens with two attached hydrogens (primary N) is 1. The standard InChI is InChI=1S/C15H19FN2O3/c1-2-12(19)7-8-13(15(17)21)18-14(20)9-10-3-5-11(16)6-4-10/h3-6,13H,2,7-9H2,1H3,(H2,17,21)(H,18,20)/t13-/m0/s1. The Morgan fingerprint density at radius 1 is 1.24 bits per heavy atom. The lowest BCUT2D eigenvalue weighted by molar-refractivity contribution is -0.127. The summed E-state index contributed by atoms with van der Waals surface area (Å²) in [4.78, 5) is 34.4. The normalized spacial score (nSPS) is 11.7. The Morgan fingerprint density at radius 2 is 1.86 bits per heavy atom. The summed E-state index contributed by atoms with van der Waals surface area (Å²) in [6.07, 6.45) is 0.791. The molecule has 0 aliphatic carbocycles. The first-order valence-corrected chi connectivity index (χ1v) is 6.77. The summed E-state index contributed by atoms with van der Waals surface area (Å²) in [6, 6.07) is 4.64. The smallest absolute Gasteiger partial charge is 0.240 e. The third-order valence-electron chi connectivity index (χ3n) is 3.06. The number of hydrogen-bond donors (Lipinski definition) is 2. The second kappa shape index (κ2) is 8.14. The number of nitrogens with one attached hydrogen (secondary N) is 1. The molecule has 2 amide bonds. The molecular formula is C15H19FN2O3. The van der Waals surface area contributed by atoms with Crippen LogP contribution in [0.25, 0.3) is 0 Å². The van der Waals surface area contributed by atoms with Crippen LogP contribution in [0.15, 0.2) is 24.3 Å². The predicted octanol–water partition coefficient (Wildman–Crippen LogP) is 1.10. The highest BCUT2D eigenvalue weighted by molar-refractivity contribution is 5.88. The number of ketones is 1. The van der Waals surface area contributed by atoms with Gasteiger partial charge in [0.25, 0.3) is 0 Å². The molecule has 3 N–H and O–H groups in total. The van der Waals surface area contributed by atoms with E-state index in [9.17, 15) is 18.8 Å². The highest BCUT2D eigenvalue weighted by Crippen LogP contribution is 2.05. The maximum atomic E-state index is 12.8. The molecule has 5 nitrogen and oxygen atoms in total. The fourth-order valence-electron chi connectivity index (χ4n) is 1.80. The zero-order valence-electron chi connectivity index (χ0n) is 11.9. The van der Waals surface area contributed by atoms with Crippen molar-refractivity contribution < 1.29 is 18.8 Å². The van der Waals surface area contributed by atoms with Gasteiger partial charge in [-0.25, -0.2) is 4.39 Å². The Labute approximate surface area is 122 Å². The van der Waals surface area contributed by atoms with Gasteiger partial charge in [0.1, 0.15) is 17.6 Å². The third kappa shape index (κ3) is 6.16. The van der Waals surface area contributed by atoms with Gasteiger partial charge in [0.05, 0.1) is 6.42 Å². The van der Waals surface area contributed by atoms with Crippen molar-refractivity contribution in [2.75, 3.05) is 0 Å². The van der Waals surface area contributed by atoms with Crippen molar-refractivity contribution >= 4 is 17.6 Å². The Kier molecular flexibility index (Phi) is 6.52. The van der Waals surface area contributed by atoms with Gasteiger partial charge in [-0.3, -0.25) is 14.4 Å². The summed E-state index contributed by atoms with van der Waals surface area (Å²) >= 11 is 0. The first kappa shape index (κ1) is 16.8. The summed E-state index contributed by atoms with van der Waals surface area (Å²) in [7, 11) is 0. The van der Waals surface area contributed by atoms with Crippen LogP contribution in [0, 0.1) is 5.82 Å². The molecule has 0 aromatic heterocycles. The topological polar surface area (TPSA) is 89.3 Å². The maximum Gasteiger partial charge on any atom is 0.240 e. The minimum atomic E-state index is -0.867. The third-order valence-corrected chi connectivity index (χ3v) is 3.06. The number of carbonyl (C=O) groups is 3. The minimum Gasteiger partial charge on any atom is -0.368 e. The van der Waals surface area contributed by atoms with Crippen molar-refractivity contribution in [1.82, 2.24) is 5.32 Å². The number of halogens is 1. The molecule has 0 saturated carbocycles. The van der Waals surface area contributed by atoms with E-state index < -0.39 is 17.9 Å². The van der Waals surface area contributed by atoms with Crippen molar-refractivity contribution in [3.05, 3.63) is 35.6 Å². The molecule has 0 fully saturated rings. The van der Waals surface area contributed by atoms with E-state index in [4.69, 9.17) is 5.73 Å². The number of benzene rings is 1. The predicted molar refractivity (Wildman–Crippen MR) is 75.8 cm³/mol. The maximum absolute atomic E-state index is 12.8. The average Bonchev–Trinajstić information content (AvgIpc) is 2.45. The summed E-state index contributed by atoms with van der Waals surface area (Å²) in [5, 5.41) is 2.50. The van der Waals surface area contributed by atoms with Crippen LogP contribution >= 0.6 is 0 Å². The number of Topliss-reactive ketones (excluding diaryl/α,β-unsaturated/α-hetero) is 1. The van der Waals surface area contributed by atoms with Crippen LogP contribution in [0.1, 0.15) is 31.7 Å². The molecule has 0 radical (unpaired) electrons. The van der Waals surface area contributed by atoms with Crippen LogP contribution in [-0.2, 0) is 20.8 Å². The zero-order chi connectivity index (χ0) is 15.8. The molecule has 0 aliphatic heterocycles. The van der Waals surface area contributed by atoms with Crippen LogP contribution < -0.4 is 11.1 Å². The quantitative estimate of drug-likeness (QED) is 0.752. The fraction of sp³-hybridized carbons (Fsp3) is 0.400. The lowest BCUT2D eigenvalue weighted by Crippen LogP contribution is -2.45. The Balaban J connectivity index is 2.54. The summed E-state index contributed by atoms with van der Waals surface area (Å²) < 4.78 is 12.8. The Morgan fingerprint density at radius 3 is 2.38 bits per heavy atom.